The van der Waals surface area contributed by atoms with Crippen molar-refractivity contribution >= 4 is 0 Å². The number of hydrogen-bond acceptors (Lipinski definition) is 2. The fourth-order valence-corrected chi connectivity index (χ4v) is 3.95. The van der Waals surface area contributed by atoms with Gasteiger partial charge in [0.1, 0.15) is 0 Å². The third-order valence-corrected chi connectivity index (χ3v) is 5.29. The van der Waals surface area contributed by atoms with Crippen LogP contribution in [0.2, 0.25) is 0 Å². The Morgan fingerprint density at radius 3 is 2.10 bits per heavy atom. The Balaban J connectivity index is 2.44. The Labute approximate surface area is 133 Å². The van der Waals surface area contributed by atoms with Gasteiger partial charge >= 0.3 is 0 Å². The lowest BCUT2D eigenvalue weighted by atomic mass is 9.83. The normalized spacial score (nSPS) is 20.1. The smallest absolute Gasteiger partial charge is 0.0830 e. The molecular formula is C19H39NO. The molecule has 1 N–H and O–H groups in total. The summed E-state index contributed by atoms with van der Waals surface area (Å²) in [5, 5.41) is 3.75. The molecule has 1 aliphatic carbocycles. The lowest BCUT2D eigenvalue weighted by molar-refractivity contribution is -0.0549. The number of ether oxygens (including phenoxy) is 1. The third-order valence-electron chi connectivity index (χ3n) is 5.29. The molecule has 0 aromatic rings. The van der Waals surface area contributed by atoms with Crippen LogP contribution in [-0.4, -0.2) is 25.3 Å². The minimum atomic E-state index is 0.107. The summed E-state index contributed by atoms with van der Waals surface area (Å²) in [6.07, 6.45) is 17.5. The van der Waals surface area contributed by atoms with Gasteiger partial charge in [0.15, 0.2) is 0 Å². The average molecular weight is 298 g/mol. The zero-order chi connectivity index (χ0) is 15.4. The van der Waals surface area contributed by atoms with E-state index in [-0.39, 0.29) is 5.60 Å². The summed E-state index contributed by atoms with van der Waals surface area (Å²) in [6, 6.07) is 0.553. The third kappa shape index (κ3) is 6.69. The van der Waals surface area contributed by atoms with Gasteiger partial charge in [0.25, 0.3) is 0 Å². The van der Waals surface area contributed by atoms with E-state index in [0.717, 1.165) is 6.54 Å². The maximum atomic E-state index is 6.11. The van der Waals surface area contributed by atoms with E-state index >= 15 is 0 Å². The van der Waals surface area contributed by atoms with E-state index in [4.69, 9.17) is 4.74 Å². The van der Waals surface area contributed by atoms with Crippen LogP contribution >= 0.6 is 0 Å². The molecule has 1 fully saturated rings. The summed E-state index contributed by atoms with van der Waals surface area (Å²) in [4.78, 5) is 0. The highest BCUT2D eigenvalue weighted by Crippen LogP contribution is 2.35. The molecule has 1 aliphatic rings. The van der Waals surface area contributed by atoms with Crippen LogP contribution in [0.1, 0.15) is 97.3 Å². The van der Waals surface area contributed by atoms with Crippen molar-refractivity contribution in [2.75, 3.05) is 13.7 Å². The van der Waals surface area contributed by atoms with Gasteiger partial charge in [-0.1, -0.05) is 78.1 Å². The summed E-state index contributed by atoms with van der Waals surface area (Å²) in [6.45, 7) is 5.58. The minimum absolute atomic E-state index is 0.107. The Kier molecular flexibility index (Phi) is 10.4. The number of unbranched alkanes of at least 4 members (excludes halogenated alkanes) is 5. The van der Waals surface area contributed by atoms with Crippen molar-refractivity contribution in [2.24, 2.45) is 0 Å². The van der Waals surface area contributed by atoms with Crippen LogP contribution in [0, 0.1) is 0 Å². The molecule has 0 aliphatic heterocycles. The molecule has 0 aromatic carbocycles. The van der Waals surface area contributed by atoms with Crippen molar-refractivity contribution in [3.63, 3.8) is 0 Å². The Hall–Kier alpha value is -0.0800. The van der Waals surface area contributed by atoms with Gasteiger partial charge in [-0.05, 0) is 25.8 Å². The highest BCUT2D eigenvalue weighted by atomic mass is 16.5. The highest BCUT2D eigenvalue weighted by Gasteiger charge is 2.38. The van der Waals surface area contributed by atoms with Crippen LogP contribution in [0.15, 0.2) is 0 Å². The van der Waals surface area contributed by atoms with E-state index in [1.807, 2.05) is 7.11 Å². The molecule has 0 spiro atoms. The van der Waals surface area contributed by atoms with E-state index in [1.54, 1.807) is 0 Å². The Morgan fingerprint density at radius 2 is 1.52 bits per heavy atom. The van der Waals surface area contributed by atoms with Crippen molar-refractivity contribution in [1.82, 2.24) is 5.32 Å². The standard InChI is InChI=1S/C19H39NO/c1-4-6-7-8-9-12-15-18(20-5-2)19(21-3)16-13-10-11-14-17-19/h18,20H,4-17H2,1-3H3. The lowest BCUT2D eigenvalue weighted by Crippen LogP contribution is -2.52. The van der Waals surface area contributed by atoms with Gasteiger partial charge in [-0.2, -0.15) is 0 Å². The first-order chi connectivity index (χ1) is 10.3. The molecule has 2 nitrogen and oxygen atoms in total. The molecule has 126 valence electrons. The predicted molar refractivity (Wildman–Crippen MR) is 92.9 cm³/mol. The molecule has 1 unspecified atom stereocenters. The summed E-state index contributed by atoms with van der Waals surface area (Å²) in [5.74, 6) is 0. The van der Waals surface area contributed by atoms with Gasteiger partial charge in [0.05, 0.1) is 5.60 Å². The Bertz CT molecular complexity index is 234. The van der Waals surface area contributed by atoms with Gasteiger partial charge in [0.2, 0.25) is 0 Å². The SMILES string of the molecule is CCCCCCCCC(NCC)C1(OC)CCCCCC1. The summed E-state index contributed by atoms with van der Waals surface area (Å²) >= 11 is 0. The number of likely N-dealkylation sites (N-methyl/N-ethyl adjacent to an activating group) is 1. The van der Waals surface area contributed by atoms with Crippen LogP contribution in [-0.2, 0) is 4.74 Å². The largest absolute Gasteiger partial charge is 0.377 e. The second-order valence-electron chi connectivity index (χ2n) is 6.85. The first kappa shape index (κ1) is 19.0. The lowest BCUT2D eigenvalue weighted by Gasteiger charge is -2.40. The number of rotatable bonds is 11. The van der Waals surface area contributed by atoms with E-state index in [1.165, 1.54) is 83.5 Å². The van der Waals surface area contributed by atoms with Crippen LogP contribution in [0.4, 0.5) is 0 Å². The fourth-order valence-electron chi connectivity index (χ4n) is 3.95. The highest BCUT2D eigenvalue weighted by molar-refractivity contribution is 4.94. The van der Waals surface area contributed by atoms with Gasteiger partial charge in [-0.15, -0.1) is 0 Å². The van der Waals surface area contributed by atoms with E-state index < -0.39 is 0 Å². The molecule has 0 radical (unpaired) electrons. The first-order valence-corrected chi connectivity index (χ1v) is 9.57. The molecule has 1 rings (SSSR count). The maximum Gasteiger partial charge on any atom is 0.0830 e. The van der Waals surface area contributed by atoms with E-state index in [9.17, 15) is 0 Å². The fraction of sp³-hybridized carbons (Fsp3) is 1.00. The van der Waals surface area contributed by atoms with Crippen molar-refractivity contribution in [1.29, 1.82) is 0 Å². The predicted octanol–water partition coefficient (Wildman–Crippen LogP) is 5.45. The quantitative estimate of drug-likeness (QED) is 0.404. The zero-order valence-electron chi connectivity index (χ0n) is 14.9. The second-order valence-corrected chi connectivity index (χ2v) is 6.85. The van der Waals surface area contributed by atoms with Crippen molar-refractivity contribution < 1.29 is 4.74 Å². The summed E-state index contributed by atoms with van der Waals surface area (Å²) in [5.41, 5.74) is 0.107. The molecule has 0 heterocycles. The minimum Gasteiger partial charge on any atom is -0.377 e. The maximum absolute atomic E-state index is 6.11. The Morgan fingerprint density at radius 1 is 0.905 bits per heavy atom. The molecule has 0 amide bonds. The van der Waals surface area contributed by atoms with Crippen LogP contribution in [0.25, 0.3) is 0 Å². The molecule has 21 heavy (non-hydrogen) atoms. The first-order valence-electron chi connectivity index (χ1n) is 9.57. The van der Waals surface area contributed by atoms with Crippen molar-refractivity contribution in [3.8, 4) is 0 Å². The molecule has 0 saturated heterocycles. The molecule has 0 aromatic heterocycles. The zero-order valence-corrected chi connectivity index (χ0v) is 14.9. The number of hydrogen-bond donors (Lipinski definition) is 1. The number of nitrogens with one attached hydrogen (secondary N) is 1. The van der Waals surface area contributed by atoms with Gasteiger partial charge < -0.3 is 10.1 Å². The van der Waals surface area contributed by atoms with Gasteiger partial charge in [-0.3, -0.25) is 0 Å². The van der Waals surface area contributed by atoms with Crippen molar-refractivity contribution in [2.45, 2.75) is 109 Å². The van der Waals surface area contributed by atoms with Crippen molar-refractivity contribution in [3.05, 3.63) is 0 Å². The summed E-state index contributed by atoms with van der Waals surface area (Å²) < 4.78 is 6.11. The molecule has 1 atom stereocenters. The van der Waals surface area contributed by atoms with Crippen LogP contribution in [0.5, 0.6) is 0 Å². The van der Waals surface area contributed by atoms with Gasteiger partial charge in [-0.25, -0.2) is 0 Å². The van der Waals surface area contributed by atoms with E-state index in [2.05, 4.69) is 19.2 Å². The molecule has 0 bridgehead atoms. The van der Waals surface area contributed by atoms with Crippen LogP contribution < -0.4 is 5.32 Å². The topological polar surface area (TPSA) is 21.3 Å². The number of methoxy groups -OCH3 is 1. The van der Waals surface area contributed by atoms with E-state index in [0.29, 0.717) is 6.04 Å². The summed E-state index contributed by atoms with van der Waals surface area (Å²) in [7, 11) is 1.94. The van der Waals surface area contributed by atoms with Gasteiger partial charge in [0, 0.05) is 13.2 Å². The monoisotopic (exact) mass is 297 g/mol. The average Bonchev–Trinajstić information content (AvgIpc) is 2.76. The molecule has 2 heteroatoms. The van der Waals surface area contributed by atoms with Crippen LogP contribution in [0.3, 0.4) is 0 Å². The molecule has 1 saturated carbocycles. The molecular weight excluding hydrogens is 258 g/mol. The second kappa shape index (κ2) is 11.5.